The third-order valence-electron chi connectivity index (χ3n) is 10.7. The number of hydrogen-bond acceptors (Lipinski definition) is 3. The van der Waals surface area contributed by atoms with Crippen LogP contribution in [0.4, 0.5) is 34.1 Å². The average Bonchev–Trinajstić information content (AvgIpc) is 3.05. The van der Waals surface area contributed by atoms with Crippen molar-refractivity contribution in [3.8, 4) is 0 Å². The molecular formula is C41H38BN3. The molecule has 3 aliphatic heterocycles. The first-order chi connectivity index (χ1) is 21.9. The molecule has 0 saturated carbocycles. The summed E-state index contributed by atoms with van der Waals surface area (Å²) in [6.07, 6.45) is 13.8. The Bertz CT molecular complexity index is 1980. The van der Waals surface area contributed by atoms with Gasteiger partial charge in [0.1, 0.15) is 0 Å². The van der Waals surface area contributed by atoms with Crippen LogP contribution in [-0.2, 0) is 0 Å². The maximum Gasteiger partial charge on any atom is 0.257 e. The van der Waals surface area contributed by atoms with Crippen molar-refractivity contribution in [3.63, 3.8) is 0 Å². The molecule has 0 N–H and O–H groups in total. The first kappa shape index (κ1) is 26.7. The van der Waals surface area contributed by atoms with Crippen LogP contribution >= 0.6 is 0 Å². The number of benzene rings is 4. The molecule has 4 aromatic rings. The molecule has 9 rings (SSSR count). The van der Waals surface area contributed by atoms with Crippen molar-refractivity contribution >= 4 is 51.8 Å². The van der Waals surface area contributed by atoms with Crippen molar-refractivity contribution in [1.29, 1.82) is 0 Å². The highest BCUT2D eigenvalue weighted by atomic mass is 15.3. The van der Waals surface area contributed by atoms with Crippen LogP contribution < -0.4 is 25.6 Å². The Balaban J connectivity index is 1.43. The Morgan fingerprint density at radius 1 is 0.689 bits per heavy atom. The van der Waals surface area contributed by atoms with E-state index in [9.17, 15) is 0 Å². The summed E-state index contributed by atoms with van der Waals surface area (Å²) < 4.78 is 0. The first-order valence-corrected chi connectivity index (χ1v) is 16.4. The second-order valence-electron chi connectivity index (χ2n) is 14.5. The fourth-order valence-electron chi connectivity index (χ4n) is 8.55. The topological polar surface area (TPSA) is 9.72 Å². The number of anilines is 6. The van der Waals surface area contributed by atoms with Gasteiger partial charge >= 0.3 is 0 Å². The molecule has 2 aliphatic carbocycles. The predicted molar refractivity (Wildman–Crippen MR) is 191 cm³/mol. The van der Waals surface area contributed by atoms with E-state index in [-0.39, 0.29) is 17.7 Å². The molecule has 0 saturated heterocycles. The number of para-hydroxylation sites is 2. The molecular weight excluding hydrogens is 545 g/mol. The molecule has 5 aliphatic rings. The fourth-order valence-corrected chi connectivity index (χ4v) is 8.55. The number of hydrogen-bond donors (Lipinski definition) is 0. The van der Waals surface area contributed by atoms with E-state index in [0.717, 1.165) is 12.8 Å². The van der Waals surface area contributed by atoms with Gasteiger partial charge in [-0.1, -0.05) is 99.7 Å². The molecule has 0 bridgehead atoms. The van der Waals surface area contributed by atoms with Gasteiger partial charge in [0.2, 0.25) is 0 Å². The number of rotatable bonds is 3. The Hall–Kier alpha value is -4.70. The summed E-state index contributed by atoms with van der Waals surface area (Å²) in [7, 11) is 0. The summed E-state index contributed by atoms with van der Waals surface area (Å²) in [4.78, 5) is 7.83. The van der Waals surface area contributed by atoms with Gasteiger partial charge in [0.25, 0.3) is 6.71 Å². The van der Waals surface area contributed by atoms with Gasteiger partial charge in [0.15, 0.2) is 0 Å². The van der Waals surface area contributed by atoms with Gasteiger partial charge in [0.05, 0.1) is 5.54 Å². The average molecular weight is 584 g/mol. The van der Waals surface area contributed by atoms with E-state index in [1.807, 2.05) is 0 Å². The van der Waals surface area contributed by atoms with Crippen LogP contribution in [0.3, 0.4) is 0 Å². The van der Waals surface area contributed by atoms with E-state index in [2.05, 4.69) is 170 Å². The van der Waals surface area contributed by atoms with Crippen LogP contribution in [0.15, 0.2) is 144 Å². The van der Waals surface area contributed by atoms with Gasteiger partial charge < -0.3 is 14.7 Å². The van der Waals surface area contributed by atoms with E-state index >= 15 is 0 Å². The van der Waals surface area contributed by atoms with Crippen LogP contribution in [0, 0.1) is 11.3 Å². The van der Waals surface area contributed by atoms with Gasteiger partial charge in [-0.15, -0.1) is 0 Å². The summed E-state index contributed by atoms with van der Waals surface area (Å²) in [6, 6.07) is 35.9. The minimum absolute atomic E-state index is 0.115. The second kappa shape index (κ2) is 9.41. The van der Waals surface area contributed by atoms with E-state index in [1.165, 1.54) is 61.9 Å². The van der Waals surface area contributed by atoms with Crippen LogP contribution in [-0.4, -0.2) is 12.3 Å². The quantitative estimate of drug-likeness (QED) is 0.223. The van der Waals surface area contributed by atoms with E-state index in [1.54, 1.807) is 0 Å². The maximum absolute atomic E-state index is 2.74. The Morgan fingerprint density at radius 2 is 1.27 bits per heavy atom. The highest BCUT2D eigenvalue weighted by Gasteiger charge is 2.54. The Kier molecular flexibility index (Phi) is 5.58. The lowest BCUT2D eigenvalue weighted by Crippen LogP contribution is -2.64. The molecule has 2 atom stereocenters. The van der Waals surface area contributed by atoms with Crippen molar-refractivity contribution in [2.75, 3.05) is 14.7 Å². The second-order valence-corrected chi connectivity index (χ2v) is 14.5. The van der Waals surface area contributed by atoms with Crippen LogP contribution in [0.1, 0.15) is 40.5 Å². The molecule has 3 heterocycles. The van der Waals surface area contributed by atoms with Gasteiger partial charge in [-0.05, 0) is 96.0 Å². The SMILES string of the molecule is CC(C)(C)C1C=C2C3=C(C1)N(C1(C)C=CC=CC1)c1cccc4c1B3c1c(cccc1N4c1ccccc1)N2c1ccccc1. The van der Waals surface area contributed by atoms with Crippen molar-refractivity contribution < 1.29 is 0 Å². The van der Waals surface area contributed by atoms with Crippen molar-refractivity contribution in [3.05, 3.63) is 144 Å². The fraction of sp³-hybridized carbons (Fsp3) is 0.220. The maximum atomic E-state index is 2.74. The van der Waals surface area contributed by atoms with Crippen molar-refractivity contribution in [2.24, 2.45) is 11.3 Å². The van der Waals surface area contributed by atoms with Gasteiger partial charge in [-0.2, -0.15) is 0 Å². The van der Waals surface area contributed by atoms with Crippen LogP contribution in [0.25, 0.3) is 0 Å². The molecule has 2 unspecified atom stereocenters. The molecule has 0 radical (unpaired) electrons. The third kappa shape index (κ3) is 3.72. The van der Waals surface area contributed by atoms with E-state index < -0.39 is 0 Å². The molecule has 0 aromatic heterocycles. The van der Waals surface area contributed by atoms with Crippen molar-refractivity contribution in [1.82, 2.24) is 0 Å². The molecule has 4 heteroatoms. The number of allylic oxidation sites excluding steroid dienone is 5. The largest absolute Gasteiger partial charge is 0.336 e. The summed E-state index contributed by atoms with van der Waals surface area (Å²) in [5.74, 6) is 0.394. The molecule has 0 fully saturated rings. The summed E-state index contributed by atoms with van der Waals surface area (Å²) >= 11 is 0. The van der Waals surface area contributed by atoms with Crippen molar-refractivity contribution in [2.45, 2.75) is 46.1 Å². The lowest BCUT2D eigenvalue weighted by atomic mass is 9.30. The van der Waals surface area contributed by atoms with Crippen LogP contribution in [0.5, 0.6) is 0 Å². The Labute approximate surface area is 267 Å². The smallest absolute Gasteiger partial charge is 0.257 e. The zero-order valence-electron chi connectivity index (χ0n) is 26.5. The minimum Gasteiger partial charge on any atom is -0.336 e. The molecule has 220 valence electrons. The van der Waals surface area contributed by atoms with Gasteiger partial charge in [-0.25, -0.2) is 0 Å². The summed E-state index contributed by atoms with van der Waals surface area (Å²) in [5, 5.41) is 0. The minimum atomic E-state index is -0.172. The third-order valence-corrected chi connectivity index (χ3v) is 10.7. The molecule has 4 aromatic carbocycles. The Morgan fingerprint density at radius 3 is 1.87 bits per heavy atom. The number of nitrogens with zero attached hydrogens (tertiary/aromatic N) is 3. The highest BCUT2D eigenvalue weighted by Crippen LogP contribution is 2.55. The molecule has 3 nitrogen and oxygen atoms in total. The van der Waals surface area contributed by atoms with E-state index in [4.69, 9.17) is 0 Å². The zero-order valence-corrected chi connectivity index (χ0v) is 26.5. The lowest BCUT2D eigenvalue weighted by molar-refractivity contribution is 0.283. The van der Waals surface area contributed by atoms with Gasteiger partial charge in [-0.3, -0.25) is 0 Å². The van der Waals surface area contributed by atoms with E-state index in [0.29, 0.717) is 5.92 Å². The standard InChI is InChI=1S/C41H38BN3/c1-40(2,3)28-26-35-39-36(27-28)45(41(4)24-12-7-13-25-41)34-23-15-22-33-38(34)42(39)37-31(43(33)29-16-8-5-9-17-29)20-14-21-32(37)44(35)30-18-10-6-11-19-30/h5-24,26,28H,25,27H2,1-4H3. The summed E-state index contributed by atoms with van der Waals surface area (Å²) in [5.41, 5.74) is 14.7. The van der Waals surface area contributed by atoms with Gasteiger partial charge in [0, 0.05) is 45.5 Å². The monoisotopic (exact) mass is 583 g/mol. The molecule has 0 spiro atoms. The normalized spacial score (nSPS) is 22.5. The predicted octanol–water partition coefficient (Wildman–Crippen LogP) is 9.07. The molecule has 0 amide bonds. The lowest BCUT2D eigenvalue weighted by Gasteiger charge is -2.56. The first-order valence-electron chi connectivity index (χ1n) is 16.4. The highest BCUT2D eigenvalue weighted by molar-refractivity contribution is 6.97. The van der Waals surface area contributed by atoms with Crippen LogP contribution in [0.2, 0.25) is 0 Å². The zero-order chi connectivity index (χ0) is 30.5. The summed E-state index contributed by atoms with van der Waals surface area (Å²) in [6.45, 7) is 9.83. The molecule has 45 heavy (non-hydrogen) atoms.